The molecule has 0 aliphatic carbocycles. The zero-order chi connectivity index (χ0) is 14.8. The maximum Gasteiger partial charge on any atom is 0.326 e. The average molecular weight is 286 g/mol. The van der Waals surface area contributed by atoms with Crippen LogP contribution in [0.15, 0.2) is 40.9 Å². The molecule has 0 saturated carbocycles. The van der Waals surface area contributed by atoms with Crippen molar-refractivity contribution >= 4 is 11.9 Å². The molecule has 108 valence electrons. The van der Waals surface area contributed by atoms with Crippen molar-refractivity contribution in [1.82, 2.24) is 10.1 Å². The van der Waals surface area contributed by atoms with Crippen molar-refractivity contribution in [1.29, 1.82) is 0 Å². The fourth-order valence-electron chi connectivity index (χ4n) is 2.53. The number of hydrogen-bond acceptors (Lipinski definition) is 4. The molecule has 0 unspecified atom stereocenters. The number of aliphatic carboxylic acids is 1. The standard InChI is InChI=1S/C15H14N2O4/c18-14(17-8-4-7-12(17)15(19)20)11-9-13(21-16-11)10-5-2-1-3-6-10/h1-3,5-6,9,12H,4,7-8H2,(H,19,20)/t12-/m1/s1. The van der Waals surface area contributed by atoms with Gasteiger partial charge >= 0.3 is 5.97 Å². The highest BCUT2D eigenvalue weighted by atomic mass is 16.5. The first-order chi connectivity index (χ1) is 10.2. The third-order valence-corrected chi connectivity index (χ3v) is 3.59. The second-order valence-electron chi connectivity index (χ2n) is 4.94. The number of carboxylic acid groups (broad SMARTS) is 1. The Bertz CT molecular complexity index is 665. The van der Waals surface area contributed by atoms with Crippen molar-refractivity contribution in [2.75, 3.05) is 6.54 Å². The van der Waals surface area contributed by atoms with Crippen molar-refractivity contribution in [3.05, 3.63) is 42.1 Å². The molecule has 6 heteroatoms. The second kappa shape index (κ2) is 5.40. The van der Waals surface area contributed by atoms with Gasteiger partial charge in [0.2, 0.25) is 0 Å². The fourth-order valence-corrected chi connectivity index (χ4v) is 2.53. The molecular weight excluding hydrogens is 272 g/mol. The highest BCUT2D eigenvalue weighted by molar-refractivity contribution is 5.96. The average Bonchev–Trinajstić information content (AvgIpc) is 3.17. The van der Waals surface area contributed by atoms with Crippen LogP contribution >= 0.6 is 0 Å². The fraction of sp³-hybridized carbons (Fsp3) is 0.267. The van der Waals surface area contributed by atoms with E-state index in [2.05, 4.69) is 5.16 Å². The van der Waals surface area contributed by atoms with Crippen LogP contribution in [0.4, 0.5) is 0 Å². The smallest absolute Gasteiger partial charge is 0.326 e. The third-order valence-electron chi connectivity index (χ3n) is 3.59. The summed E-state index contributed by atoms with van der Waals surface area (Å²) in [7, 11) is 0. The number of carbonyl (C=O) groups is 2. The Morgan fingerprint density at radius 2 is 2.05 bits per heavy atom. The topological polar surface area (TPSA) is 83.6 Å². The Morgan fingerprint density at radius 1 is 1.29 bits per heavy atom. The van der Waals surface area contributed by atoms with Gasteiger partial charge < -0.3 is 14.5 Å². The van der Waals surface area contributed by atoms with E-state index in [1.807, 2.05) is 30.3 Å². The van der Waals surface area contributed by atoms with Gasteiger partial charge in [0.05, 0.1) is 0 Å². The molecule has 1 atom stereocenters. The number of rotatable bonds is 3. The van der Waals surface area contributed by atoms with Gasteiger partial charge in [0, 0.05) is 18.2 Å². The lowest BCUT2D eigenvalue weighted by Gasteiger charge is -2.19. The molecule has 3 rings (SSSR count). The van der Waals surface area contributed by atoms with Crippen LogP contribution in [0.3, 0.4) is 0 Å². The summed E-state index contributed by atoms with van der Waals surface area (Å²) in [6.07, 6.45) is 1.16. The number of hydrogen-bond donors (Lipinski definition) is 1. The molecule has 1 aromatic carbocycles. The van der Waals surface area contributed by atoms with Crippen molar-refractivity contribution in [2.24, 2.45) is 0 Å². The third kappa shape index (κ3) is 2.52. The quantitative estimate of drug-likeness (QED) is 0.933. The first kappa shape index (κ1) is 13.4. The first-order valence-corrected chi connectivity index (χ1v) is 6.73. The first-order valence-electron chi connectivity index (χ1n) is 6.73. The molecule has 1 aliphatic rings. The summed E-state index contributed by atoms with van der Waals surface area (Å²) in [5.74, 6) is -0.886. The summed E-state index contributed by atoms with van der Waals surface area (Å²) in [4.78, 5) is 24.8. The van der Waals surface area contributed by atoms with Gasteiger partial charge in [0.1, 0.15) is 6.04 Å². The lowest BCUT2D eigenvalue weighted by atomic mass is 10.1. The van der Waals surface area contributed by atoms with Crippen LogP contribution in [0, 0.1) is 0 Å². The van der Waals surface area contributed by atoms with E-state index in [1.165, 1.54) is 4.90 Å². The molecule has 6 nitrogen and oxygen atoms in total. The van der Waals surface area contributed by atoms with Crippen LogP contribution in [0.1, 0.15) is 23.3 Å². The minimum Gasteiger partial charge on any atom is -0.480 e. The Morgan fingerprint density at radius 3 is 2.76 bits per heavy atom. The van der Waals surface area contributed by atoms with E-state index in [0.717, 1.165) is 5.56 Å². The summed E-state index contributed by atoms with van der Waals surface area (Å²) in [6, 6.07) is 10.1. The molecule has 1 amide bonds. The van der Waals surface area contributed by atoms with Gasteiger partial charge in [-0.05, 0) is 12.8 Å². The predicted octanol–water partition coefficient (Wildman–Crippen LogP) is 2.03. The van der Waals surface area contributed by atoms with E-state index >= 15 is 0 Å². The SMILES string of the molecule is O=C(O)[C@H]1CCCN1C(=O)c1cc(-c2ccccc2)on1. The van der Waals surface area contributed by atoms with Crippen molar-refractivity contribution in [3.8, 4) is 11.3 Å². The summed E-state index contributed by atoms with van der Waals surface area (Å²) >= 11 is 0. The van der Waals surface area contributed by atoms with Crippen molar-refractivity contribution < 1.29 is 19.2 Å². The van der Waals surface area contributed by atoms with Gasteiger partial charge in [-0.3, -0.25) is 4.79 Å². The van der Waals surface area contributed by atoms with Gasteiger partial charge in [-0.1, -0.05) is 35.5 Å². The van der Waals surface area contributed by atoms with Crippen LogP contribution in [0.25, 0.3) is 11.3 Å². The molecule has 1 saturated heterocycles. The molecule has 0 bridgehead atoms. The van der Waals surface area contributed by atoms with E-state index in [9.17, 15) is 9.59 Å². The van der Waals surface area contributed by atoms with E-state index < -0.39 is 17.9 Å². The Labute approximate surface area is 121 Å². The van der Waals surface area contributed by atoms with Gasteiger partial charge in [0.25, 0.3) is 5.91 Å². The van der Waals surface area contributed by atoms with Crippen LogP contribution in [0.5, 0.6) is 0 Å². The van der Waals surface area contributed by atoms with E-state index in [1.54, 1.807) is 6.07 Å². The molecule has 1 aromatic heterocycles. The Balaban J connectivity index is 1.83. The minimum atomic E-state index is -0.979. The van der Waals surface area contributed by atoms with Gasteiger partial charge in [0.15, 0.2) is 11.5 Å². The van der Waals surface area contributed by atoms with Gasteiger partial charge in [-0.25, -0.2) is 4.79 Å². The number of carbonyl (C=O) groups excluding carboxylic acids is 1. The number of nitrogens with zero attached hydrogens (tertiary/aromatic N) is 2. The van der Waals surface area contributed by atoms with Crippen LogP contribution < -0.4 is 0 Å². The Hall–Kier alpha value is -2.63. The zero-order valence-corrected chi connectivity index (χ0v) is 11.2. The monoisotopic (exact) mass is 286 g/mol. The van der Waals surface area contributed by atoms with E-state index in [4.69, 9.17) is 9.63 Å². The van der Waals surface area contributed by atoms with Crippen LogP contribution in [0.2, 0.25) is 0 Å². The molecule has 2 aromatic rings. The maximum atomic E-state index is 12.3. The van der Waals surface area contributed by atoms with Crippen molar-refractivity contribution in [3.63, 3.8) is 0 Å². The zero-order valence-electron chi connectivity index (χ0n) is 11.2. The molecule has 21 heavy (non-hydrogen) atoms. The lowest BCUT2D eigenvalue weighted by molar-refractivity contribution is -0.141. The minimum absolute atomic E-state index is 0.141. The van der Waals surface area contributed by atoms with Gasteiger partial charge in [-0.2, -0.15) is 0 Å². The second-order valence-corrected chi connectivity index (χ2v) is 4.94. The summed E-state index contributed by atoms with van der Waals surface area (Å²) in [5.41, 5.74) is 0.960. The number of likely N-dealkylation sites (tertiary alicyclic amines) is 1. The molecule has 1 aliphatic heterocycles. The molecule has 2 heterocycles. The van der Waals surface area contributed by atoms with E-state index in [0.29, 0.717) is 25.1 Å². The van der Waals surface area contributed by atoms with Crippen molar-refractivity contribution in [2.45, 2.75) is 18.9 Å². The summed E-state index contributed by atoms with van der Waals surface area (Å²) < 4.78 is 5.18. The lowest BCUT2D eigenvalue weighted by Crippen LogP contribution is -2.40. The number of amides is 1. The van der Waals surface area contributed by atoms with Crippen LogP contribution in [-0.4, -0.2) is 39.6 Å². The highest BCUT2D eigenvalue weighted by Crippen LogP contribution is 2.23. The number of aromatic nitrogens is 1. The highest BCUT2D eigenvalue weighted by Gasteiger charge is 2.35. The normalized spacial score (nSPS) is 17.9. The van der Waals surface area contributed by atoms with Gasteiger partial charge in [-0.15, -0.1) is 0 Å². The largest absolute Gasteiger partial charge is 0.480 e. The molecule has 0 radical (unpaired) electrons. The number of benzene rings is 1. The molecule has 1 fully saturated rings. The molecule has 0 spiro atoms. The van der Waals surface area contributed by atoms with Crippen LogP contribution in [-0.2, 0) is 4.79 Å². The predicted molar refractivity (Wildman–Crippen MR) is 73.6 cm³/mol. The maximum absolute atomic E-state index is 12.3. The van der Waals surface area contributed by atoms with E-state index in [-0.39, 0.29) is 5.69 Å². The number of carboxylic acids is 1. The molecular formula is C15H14N2O4. The summed E-state index contributed by atoms with van der Waals surface area (Å²) in [5, 5.41) is 12.9. The molecule has 1 N–H and O–H groups in total. The Kier molecular flexibility index (Phi) is 3.43. The summed E-state index contributed by atoms with van der Waals surface area (Å²) in [6.45, 7) is 0.434.